The maximum absolute atomic E-state index is 13.4. The molecule has 3 rings (SSSR count). The first-order chi connectivity index (χ1) is 15.6. The number of furan rings is 1. The summed E-state index contributed by atoms with van der Waals surface area (Å²) in [5.41, 5.74) is 1.93. The van der Waals surface area contributed by atoms with Gasteiger partial charge in [0.2, 0.25) is 11.8 Å². The molecule has 0 aliphatic carbocycles. The molecule has 0 bridgehead atoms. The van der Waals surface area contributed by atoms with E-state index in [-0.39, 0.29) is 24.8 Å². The van der Waals surface area contributed by atoms with Crippen LogP contribution in [-0.2, 0) is 40.9 Å². The predicted molar refractivity (Wildman–Crippen MR) is 122 cm³/mol. The first-order valence-corrected chi connectivity index (χ1v) is 10.8. The van der Waals surface area contributed by atoms with E-state index in [1.165, 1.54) is 0 Å². The number of carbonyl (C=O) groups excluding carboxylic acids is 2. The van der Waals surface area contributed by atoms with Crippen molar-refractivity contribution in [2.75, 3.05) is 26.8 Å². The third-order valence-electron chi connectivity index (χ3n) is 5.34. The molecule has 0 saturated heterocycles. The van der Waals surface area contributed by atoms with Gasteiger partial charge < -0.3 is 23.5 Å². The van der Waals surface area contributed by atoms with E-state index in [9.17, 15) is 9.59 Å². The fraction of sp³-hybridized carbons (Fsp3) is 0.360. The number of benzene rings is 1. The van der Waals surface area contributed by atoms with Gasteiger partial charge in [-0.25, -0.2) is 0 Å². The van der Waals surface area contributed by atoms with Crippen LogP contribution in [0.1, 0.15) is 23.4 Å². The second kappa shape index (κ2) is 11.9. The lowest BCUT2D eigenvalue weighted by atomic mass is 10.1. The maximum Gasteiger partial charge on any atom is 0.242 e. The van der Waals surface area contributed by atoms with Crippen LogP contribution in [0.15, 0.2) is 71.5 Å². The lowest BCUT2D eigenvalue weighted by molar-refractivity contribution is -0.141. The number of aryl methyl sites for hydroxylation is 1. The number of hydrogen-bond donors (Lipinski definition) is 0. The quantitative estimate of drug-likeness (QED) is 0.408. The van der Waals surface area contributed by atoms with E-state index in [2.05, 4.69) is 0 Å². The van der Waals surface area contributed by atoms with Crippen LogP contribution in [0.4, 0.5) is 0 Å². The predicted octanol–water partition coefficient (Wildman–Crippen LogP) is 3.25. The van der Waals surface area contributed by atoms with Crippen LogP contribution < -0.4 is 0 Å². The molecule has 7 nitrogen and oxygen atoms in total. The molecule has 0 aliphatic rings. The molecule has 0 saturated carbocycles. The molecule has 3 aromatic rings. The average molecular weight is 438 g/mol. The van der Waals surface area contributed by atoms with E-state index in [0.717, 1.165) is 11.3 Å². The average Bonchev–Trinajstić information content (AvgIpc) is 3.45. The summed E-state index contributed by atoms with van der Waals surface area (Å²) in [7, 11) is 3.58. The van der Waals surface area contributed by atoms with Gasteiger partial charge in [0.15, 0.2) is 0 Å². The number of hydrogen-bond acceptors (Lipinski definition) is 4. The zero-order valence-electron chi connectivity index (χ0n) is 18.8. The summed E-state index contributed by atoms with van der Waals surface area (Å²) < 4.78 is 12.6. The van der Waals surface area contributed by atoms with E-state index < -0.39 is 0 Å². The number of methoxy groups -OCH3 is 1. The number of carbonyl (C=O) groups is 2. The highest BCUT2D eigenvalue weighted by Gasteiger charge is 2.23. The van der Waals surface area contributed by atoms with Crippen molar-refractivity contribution in [3.8, 4) is 0 Å². The van der Waals surface area contributed by atoms with Gasteiger partial charge in [0.25, 0.3) is 0 Å². The van der Waals surface area contributed by atoms with Crippen LogP contribution in [0.2, 0.25) is 0 Å². The minimum Gasteiger partial charge on any atom is -0.467 e. The molecule has 0 spiro atoms. The summed E-state index contributed by atoms with van der Waals surface area (Å²) in [6.07, 6.45) is 4.48. The van der Waals surface area contributed by atoms with Gasteiger partial charge in [-0.15, -0.1) is 0 Å². The summed E-state index contributed by atoms with van der Waals surface area (Å²) in [6, 6.07) is 17.2. The van der Waals surface area contributed by atoms with Crippen molar-refractivity contribution in [3.63, 3.8) is 0 Å². The number of rotatable bonds is 12. The van der Waals surface area contributed by atoms with Crippen LogP contribution in [0.25, 0.3) is 0 Å². The van der Waals surface area contributed by atoms with Gasteiger partial charge >= 0.3 is 0 Å². The summed E-state index contributed by atoms with van der Waals surface area (Å²) >= 11 is 0. The molecule has 0 unspecified atom stereocenters. The fourth-order valence-electron chi connectivity index (χ4n) is 3.52. The Morgan fingerprint density at radius 3 is 2.44 bits per heavy atom. The fourth-order valence-corrected chi connectivity index (χ4v) is 3.52. The highest BCUT2D eigenvalue weighted by Crippen LogP contribution is 2.13. The van der Waals surface area contributed by atoms with Crippen LogP contribution in [0, 0.1) is 0 Å². The molecule has 2 aromatic heterocycles. The number of amides is 2. The number of nitrogens with zero attached hydrogens (tertiary/aromatic N) is 3. The Kier molecular flexibility index (Phi) is 8.69. The third kappa shape index (κ3) is 6.85. The van der Waals surface area contributed by atoms with Crippen molar-refractivity contribution in [2.24, 2.45) is 7.05 Å². The molecular formula is C25H31N3O4. The van der Waals surface area contributed by atoms with Crippen LogP contribution in [-0.4, -0.2) is 53.0 Å². The summed E-state index contributed by atoms with van der Waals surface area (Å²) in [5.74, 6) is 0.507. The van der Waals surface area contributed by atoms with E-state index in [1.54, 1.807) is 29.2 Å². The van der Waals surface area contributed by atoms with Crippen molar-refractivity contribution in [3.05, 3.63) is 84.1 Å². The van der Waals surface area contributed by atoms with Gasteiger partial charge in [-0.1, -0.05) is 30.3 Å². The molecular weight excluding hydrogens is 406 g/mol. The first-order valence-electron chi connectivity index (χ1n) is 10.8. The Labute approximate surface area is 189 Å². The topological polar surface area (TPSA) is 67.9 Å². The van der Waals surface area contributed by atoms with E-state index in [4.69, 9.17) is 9.15 Å². The summed E-state index contributed by atoms with van der Waals surface area (Å²) in [4.78, 5) is 29.8. The summed E-state index contributed by atoms with van der Waals surface area (Å²) in [6.45, 7) is 1.78. The van der Waals surface area contributed by atoms with Gasteiger partial charge in [0, 0.05) is 39.2 Å². The van der Waals surface area contributed by atoms with E-state index >= 15 is 0 Å². The zero-order chi connectivity index (χ0) is 22.8. The van der Waals surface area contributed by atoms with Gasteiger partial charge in [0.1, 0.15) is 5.76 Å². The lowest BCUT2D eigenvalue weighted by Crippen LogP contribution is -2.43. The molecule has 0 aliphatic heterocycles. The molecule has 0 atom stereocenters. The van der Waals surface area contributed by atoms with E-state index in [1.807, 2.05) is 66.3 Å². The molecule has 0 fully saturated rings. The lowest BCUT2D eigenvalue weighted by Gasteiger charge is -2.27. The van der Waals surface area contributed by atoms with Crippen LogP contribution in [0.5, 0.6) is 0 Å². The smallest absolute Gasteiger partial charge is 0.242 e. The van der Waals surface area contributed by atoms with Crippen molar-refractivity contribution in [1.82, 2.24) is 14.4 Å². The summed E-state index contributed by atoms with van der Waals surface area (Å²) in [5, 5.41) is 0. The Balaban J connectivity index is 1.73. The normalized spacial score (nSPS) is 10.8. The molecule has 7 heteroatoms. The van der Waals surface area contributed by atoms with Crippen molar-refractivity contribution >= 4 is 11.8 Å². The van der Waals surface area contributed by atoms with Crippen molar-refractivity contribution in [1.29, 1.82) is 0 Å². The molecule has 1 aromatic carbocycles. The standard InChI is InChI=1S/C25H31N3O4/c1-26-13-6-11-22(26)18-28(19-23-12-7-16-32-23)25(30)20-27(14-8-15-31-2)24(29)17-21-9-4-3-5-10-21/h3-7,9-13,16H,8,14-15,17-20H2,1-2H3. The monoisotopic (exact) mass is 437 g/mol. The first kappa shape index (κ1) is 23.3. The second-order valence-electron chi connectivity index (χ2n) is 7.76. The SMILES string of the molecule is COCCCN(CC(=O)N(Cc1ccco1)Cc1cccn1C)C(=O)Cc1ccccc1. The molecule has 2 amide bonds. The van der Waals surface area contributed by atoms with Crippen molar-refractivity contribution < 1.29 is 18.7 Å². The molecule has 2 heterocycles. The van der Waals surface area contributed by atoms with Gasteiger partial charge in [-0.05, 0) is 36.2 Å². The maximum atomic E-state index is 13.4. The van der Waals surface area contributed by atoms with E-state index in [0.29, 0.717) is 38.4 Å². The second-order valence-corrected chi connectivity index (χ2v) is 7.76. The van der Waals surface area contributed by atoms with Crippen LogP contribution in [0.3, 0.4) is 0 Å². The Morgan fingerprint density at radius 2 is 1.78 bits per heavy atom. The third-order valence-corrected chi connectivity index (χ3v) is 5.34. The Hall–Kier alpha value is -3.32. The highest BCUT2D eigenvalue weighted by molar-refractivity contribution is 5.85. The van der Waals surface area contributed by atoms with Crippen LogP contribution >= 0.6 is 0 Å². The highest BCUT2D eigenvalue weighted by atomic mass is 16.5. The minimum atomic E-state index is -0.124. The molecule has 0 N–H and O–H groups in total. The van der Waals surface area contributed by atoms with Gasteiger partial charge in [-0.3, -0.25) is 9.59 Å². The molecule has 32 heavy (non-hydrogen) atoms. The number of ether oxygens (including phenoxy) is 1. The van der Waals surface area contributed by atoms with Gasteiger partial charge in [-0.2, -0.15) is 0 Å². The minimum absolute atomic E-state index is 0.0144. The zero-order valence-corrected chi connectivity index (χ0v) is 18.8. The molecule has 170 valence electrons. The Bertz CT molecular complexity index is 966. The largest absolute Gasteiger partial charge is 0.467 e. The number of aromatic nitrogens is 1. The molecule has 0 radical (unpaired) electrons. The van der Waals surface area contributed by atoms with Crippen molar-refractivity contribution in [2.45, 2.75) is 25.9 Å². The van der Waals surface area contributed by atoms with Gasteiger partial charge in [0.05, 0.1) is 32.3 Å². The Morgan fingerprint density at radius 1 is 0.969 bits per heavy atom.